The highest BCUT2D eigenvalue weighted by Gasteiger charge is 2.26. The number of guanidine groups is 1. The fraction of sp³-hybridized carbons (Fsp3) is 0.381. The van der Waals surface area contributed by atoms with Crippen LogP contribution in [0.3, 0.4) is 0 Å². The summed E-state index contributed by atoms with van der Waals surface area (Å²) in [5.74, 6) is 1.48. The van der Waals surface area contributed by atoms with Gasteiger partial charge in [0.05, 0.1) is 12.7 Å². The molecule has 0 radical (unpaired) electrons. The predicted octanol–water partition coefficient (Wildman–Crippen LogP) is 2.23. The maximum Gasteiger partial charge on any atom is 0.193 e. The predicted molar refractivity (Wildman–Crippen MR) is 110 cm³/mol. The normalized spacial score (nSPS) is 17.3. The molecule has 7 heteroatoms. The van der Waals surface area contributed by atoms with Crippen molar-refractivity contribution in [3.63, 3.8) is 0 Å². The van der Waals surface area contributed by atoms with Crippen molar-refractivity contribution in [3.05, 3.63) is 71.8 Å². The molecular weight excluding hydrogens is 350 g/mol. The van der Waals surface area contributed by atoms with Gasteiger partial charge in [-0.25, -0.2) is 0 Å². The fourth-order valence-electron chi connectivity index (χ4n) is 3.81. The van der Waals surface area contributed by atoms with Crippen molar-refractivity contribution < 1.29 is 0 Å². The summed E-state index contributed by atoms with van der Waals surface area (Å²) in [6.07, 6.45) is 9.03. The first kappa shape index (κ1) is 18.3. The van der Waals surface area contributed by atoms with E-state index in [9.17, 15) is 0 Å². The molecular formula is C21H27N7. The SMILES string of the molecule is CN=C(NCc1cccc(Cn2cccn2)c1)N1CCC(c2cnn(C)c2)C1. The lowest BCUT2D eigenvalue weighted by atomic mass is 10.0. The van der Waals surface area contributed by atoms with Crippen LogP contribution in [0.5, 0.6) is 0 Å². The molecule has 1 aliphatic rings. The molecule has 28 heavy (non-hydrogen) atoms. The topological polar surface area (TPSA) is 63.3 Å². The monoisotopic (exact) mass is 377 g/mol. The molecule has 146 valence electrons. The number of aryl methyl sites for hydroxylation is 1. The van der Waals surface area contributed by atoms with Crippen LogP contribution in [0.2, 0.25) is 0 Å². The largest absolute Gasteiger partial charge is 0.352 e. The van der Waals surface area contributed by atoms with Crippen molar-refractivity contribution in [1.82, 2.24) is 29.8 Å². The van der Waals surface area contributed by atoms with E-state index in [0.29, 0.717) is 5.92 Å². The van der Waals surface area contributed by atoms with Crippen LogP contribution >= 0.6 is 0 Å². The zero-order valence-corrected chi connectivity index (χ0v) is 16.5. The second-order valence-corrected chi connectivity index (χ2v) is 7.30. The zero-order valence-electron chi connectivity index (χ0n) is 16.5. The number of benzene rings is 1. The Kier molecular flexibility index (Phi) is 5.41. The van der Waals surface area contributed by atoms with E-state index in [2.05, 4.69) is 55.9 Å². The summed E-state index contributed by atoms with van der Waals surface area (Å²) < 4.78 is 3.82. The van der Waals surface area contributed by atoms with Gasteiger partial charge in [-0.3, -0.25) is 14.4 Å². The summed E-state index contributed by atoms with van der Waals surface area (Å²) in [7, 11) is 3.82. The van der Waals surface area contributed by atoms with Gasteiger partial charge in [0.1, 0.15) is 0 Å². The molecule has 0 spiro atoms. The Morgan fingerprint density at radius 3 is 2.89 bits per heavy atom. The Hall–Kier alpha value is -3.09. The molecule has 1 aliphatic heterocycles. The van der Waals surface area contributed by atoms with Gasteiger partial charge in [0.2, 0.25) is 0 Å². The van der Waals surface area contributed by atoms with E-state index in [1.54, 1.807) is 0 Å². The number of nitrogens with one attached hydrogen (secondary N) is 1. The summed E-state index contributed by atoms with van der Waals surface area (Å²) in [4.78, 5) is 6.84. The van der Waals surface area contributed by atoms with Gasteiger partial charge < -0.3 is 10.2 Å². The summed E-state index contributed by atoms with van der Waals surface area (Å²) >= 11 is 0. The van der Waals surface area contributed by atoms with Crippen molar-refractivity contribution in [2.24, 2.45) is 12.0 Å². The molecule has 1 saturated heterocycles. The quantitative estimate of drug-likeness (QED) is 0.547. The lowest BCUT2D eigenvalue weighted by Crippen LogP contribution is -2.39. The Morgan fingerprint density at radius 2 is 2.14 bits per heavy atom. The third-order valence-corrected chi connectivity index (χ3v) is 5.24. The van der Waals surface area contributed by atoms with E-state index in [-0.39, 0.29) is 0 Å². The van der Waals surface area contributed by atoms with E-state index in [1.807, 2.05) is 48.1 Å². The highest BCUT2D eigenvalue weighted by molar-refractivity contribution is 5.80. The Labute approximate surface area is 165 Å². The van der Waals surface area contributed by atoms with Gasteiger partial charge in [0.25, 0.3) is 0 Å². The second-order valence-electron chi connectivity index (χ2n) is 7.30. The van der Waals surface area contributed by atoms with E-state index in [0.717, 1.165) is 38.6 Å². The summed E-state index contributed by atoms with van der Waals surface area (Å²) in [6, 6.07) is 10.6. The smallest absolute Gasteiger partial charge is 0.193 e. The third-order valence-electron chi connectivity index (χ3n) is 5.24. The lowest BCUT2D eigenvalue weighted by Gasteiger charge is -2.21. The first-order valence-corrected chi connectivity index (χ1v) is 9.70. The first-order chi connectivity index (χ1) is 13.7. The van der Waals surface area contributed by atoms with Gasteiger partial charge in [-0.15, -0.1) is 0 Å². The number of aliphatic imine (C=N–C) groups is 1. The van der Waals surface area contributed by atoms with Crippen LogP contribution in [0.4, 0.5) is 0 Å². The molecule has 0 saturated carbocycles. The van der Waals surface area contributed by atoms with Crippen LogP contribution in [0.1, 0.15) is 29.0 Å². The Balaban J connectivity index is 1.34. The average Bonchev–Trinajstić information content (AvgIpc) is 3.45. The van der Waals surface area contributed by atoms with Gasteiger partial charge in [-0.1, -0.05) is 24.3 Å². The Morgan fingerprint density at radius 1 is 1.25 bits per heavy atom. The first-order valence-electron chi connectivity index (χ1n) is 9.70. The molecule has 0 bridgehead atoms. The van der Waals surface area contributed by atoms with Crippen LogP contribution in [-0.4, -0.2) is 50.6 Å². The van der Waals surface area contributed by atoms with Crippen LogP contribution in [0.25, 0.3) is 0 Å². The third kappa shape index (κ3) is 4.24. The molecule has 1 aromatic carbocycles. The number of hydrogen-bond acceptors (Lipinski definition) is 3. The van der Waals surface area contributed by atoms with Crippen molar-refractivity contribution in [1.29, 1.82) is 0 Å². The van der Waals surface area contributed by atoms with Crippen molar-refractivity contribution in [3.8, 4) is 0 Å². The number of rotatable bonds is 5. The average molecular weight is 377 g/mol. The Bertz CT molecular complexity index is 926. The van der Waals surface area contributed by atoms with Crippen LogP contribution < -0.4 is 5.32 Å². The van der Waals surface area contributed by atoms with Gasteiger partial charge in [0.15, 0.2) is 5.96 Å². The fourth-order valence-corrected chi connectivity index (χ4v) is 3.81. The standard InChI is InChI=1S/C21H27N7/c1-22-21(27-10-7-19(16-27)20-13-25-26(2)15-20)23-12-17-5-3-6-18(11-17)14-28-9-4-8-24-28/h3-6,8-9,11,13,15,19H,7,10,12,14,16H2,1-2H3,(H,22,23). The maximum atomic E-state index is 4.50. The minimum atomic E-state index is 0.518. The number of likely N-dealkylation sites (tertiary alicyclic amines) is 1. The van der Waals surface area contributed by atoms with E-state index >= 15 is 0 Å². The maximum absolute atomic E-state index is 4.50. The molecule has 1 atom stereocenters. The lowest BCUT2D eigenvalue weighted by molar-refractivity contribution is 0.486. The molecule has 3 heterocycles. The highest BCUT2D eigenvalue weighted by Crippen LogP contribution is 2.26. The molecule has 1 N–H and O–H groups in total. The minimum Gasteiger partial charge on any atom is -0.352 e. The molecule has 0 aliphatic carbocycles. The molecule has 7 nitrogen and oxygen atoms in total. The molecule has 1 fully saturated rings. The zero-order chi connectivity index (χ0) is 19.3. The number of aromatic nitrogens is 4. The molecule has 0 amide bonds. The van der Waals surface area contributed by atoms with Crippen LogP contribution in [0, 0.1) is 0 Å². The van der Waals surface area contributed by atoms with Crippen molar-refractivity contribution in [2.45, 2.75) is 25.4 Å². The van der Waals surface area contributed by atoms with Gasteiger partial charge >= 0.3 is 0 Å². The van der Waals surface area contributed by atoms with Gasteiger partial charge in [0, 0.05) is 58.2 Å². The number of nitrogens with zero attached hydrogens (tertiary/aromatic N) is 6. The molecule has 1 unspecified atom stereocenters. The molecule has 3 aromatic rings. The van der Waals surface area contributed by atoms with Crippen molar-refractivity contribution in [2.75, 3.05) is 20.1 Å². The van der Waals surface area contributed by atoms with E-state index in [1.165, 1.54) is 16.7 Å². The van der Waals surface area contributed by atoms with Gasteiger partial charge in [-0.2, -0.15) is 10.2 Å². The summed E-state index contributed by atoms with van der Waals surface area (Å²) in [6.45, 7) is 3.53. The second kappa shape index (κ2) is 8.29. The van der Waals surface area contributed by atoms with E-state index < -0.39 is 0 Å². The summed E-state index contributed by atoms with van der Waals surface area (Å²) in [5.41, 5.74) is 3.80. The van der Waals surface area contributed by atoms with Crippen molar-refractivity contribution >= 4 is 5.96 Å². The molecule has 4 rings (SSSR count). The van der Waals surface area contributed by atoms with Crippen LogP contribution in [-0.2, 0) is 20.1 Å². The summed E-state index contributed by atoms with van der Waals surface area (Å²) in [5, 5.41) is 12.1. The van der Waals surface area contributed by atoms with E-state index in [4.69, 9.17) is 0 Å². The minimum absolute atomic E-state index is 0.518. The highest BCUT2D eigenvalue weighted by atomic mass is 15.3. The number of hydrogen-bond donors (Lipinski definition) is 1. The van der Waals surface area contributed by atoms with Gasteiger partial charge in [-0.05, 0) is 29.2 Å². The van der Waals surface area contributed by atoms with Crippen LogP contribution in [0.15, 0.2) is 60.1 Å². The molecule has 2 aromatic heterocycles.